The van der Waals surface area contributed by atoms with Crippen LogP contribution in [0.1, 0.15) is 67.6 Å². The molecule has 0 bridgehead atoms. The maximum absolute atomic E-state index is 15.6. The molecule has 5 heterocycles. The molecular formula is C36H43FN6O. The first-order valence-electron chi connectivity index (χ1n) is 16.3. The molecule has 2 atom stereocenters. The van der Waals surface area contributed by atoms with Gasteiger partial charge in [0.2, 0.25) is 0 Å². The minimum Gasteiger partial charge on any atom is -0.369 e. The van der Waals surface area contributed by atoms with Gasteiger partial charge in [0.1, 0.15) is 5.82 Å². The van der Waals surface area contributed by atoms with Crippen LogP contribution in [-0.4, -0.2) is 51.7 Å². The van der Waals surface area contributed by atoms with Crippen molar-refractivity contribution in [1.29, 1.82) is 0 Å². The van der Waals surface area contributed by atoms with Crippen LogP contribution in [0.4, 0.5) is 15.8 Å². The number of halogens is 1. The molecule has 0 unspecified atom stereocenters. The third-order valence-electron chi connectivity index (χ3n) is 9.77. The van der Waals surface area contributed by atoms with Gasteiger partial charge in [-0.25, -0.2) is 4.39 Å². The van der Waals surface area contributed by atoms with Gasteiger partial charge in [-0.3, -0.25) is 19.7 Å². The Bertz CT molecular complexity index is 1710. The molecule has 1 aliphatic carbocycles. The number of benzene rings is 1. The standard InChI is InChI=1S/C36H43FN6O/c1-24-11-14-41(19-24)35-17-34-32(16-33(35)37)36(44)28(22-43(34)29-8-9-29)21-42(20-27-10-12-38-26(3)15-27)31-5-4-13-40(23-31)30-7-6-25(2)39-18-30/h6-7,10,12,15-18,22,24,29,31H,4-5,8-9,11,13-14,19-21,23H2,1-3H3/t24-,31-/m0/s1. The Hall–Kier alpha value is -3.78. The van der Waals surface area contributed by atoms with Crippen LogP contribution in [0, 0.1) is 25.6 Å². The molecule has 44 heavy (non-hydrogen) atoms. The lowest BCUT2D eigenvalue weighted by Gasteiger charge is -2.40. The van der Waals surface area contributed by atoms with E-state index in [-0.39, 0.29) is 17.3 Å². The third-order valence-corrected chi connectivity index (χ3v) is 9.77. The van der Waals surface area contributed by atoms with E-state index in [1.54, 1.807) is 0 Å². The Labute approximate surface area is 259 Å². The van der Waals surface area contributed by atoms with Gasteiger partial charge in [0.05, 0.1) is 23.1 Å². The van der Waals surface area contributed by atoms with Crippen molar-refractivity contribution in [3.8, 4) is 0 Å². The number of aromatic nitrogens is 3. The van der Waals surface area contributed by atoms with Gasteiger partial charge in [-0.1, -0.05) is 6.92 Å². The summed E-state index contributed by atoms with van der Waals surface area (Å²) < 4.78 is 17.9. The number of aryl methyl sites for hydroxylation is 2. The van der Waals surface area contributed by atoms with E-state index < -0.39 is 0 Å². The van der Waals surface area contributed by atoms with Gasteiger partial charge in [-0.2, -0.15) is 0 Å². The summed E-state index contributed by atoms with van der Waals surface area (Å²) in [4.78, 5) is 30.1. The molecule has 3 aromatic heterocycles. The van der Waals surface area contributed by atoms with Crippen molar-refractivity contribution >= 4 is 22.3 Å². The SMILES string of the molecule is Cc1ccc(N2CCC[C@H](N(Cc3ccnc(C)c3)Cc3cn(C4CC4)c4cc(N5CC[C@H](C)C5)c(F)cc4c3=O)C2)cn1. The molecule has 4 aromatic rings. The molecule has 2 saturated heterocycles. The van der Waals surface area contributed by atoms with Crippen molar-refractivity contribution in [1.82, 2.24) is 19.4 Å². The predicted octanol–water partition coefficient (Wildman–Crippen LogP) is 6.40. The summed E-state index contributed by atoms with van der Waals surface area (Å²) in [5.74, 6) is 0.258. The Morgan fingerprint density at radius 2 is 1.80 bits per heavy atom. The second-order valence-corrected chi connectivity index (χ2v) is 13.4. The summed E-state index contributed by atoms with van der Waals surface area (Å²) in [7, 11) is 0. The van der Waals surface area contributed by atoms with E-state index in [1.807, 2.05) is 32.3 Å². The lowest BCUT2D eigenvalue weighted by Crippen LogP contribution is -2.48. The highest BCUT2D eigenvalue weighted by molar-refractivity contribution is 5.84. The maximum atomic E-state index is 15.6. The van der Waals surface area contributed by atoms with E-state index in [0.29, 0.717) is 29.6 Å². The van der Waals surface area contributed by atoms with E-state index in [4.69, 9.17) is 0 Å². The molecule has 3 fully saturated rings. The lowest BCUT2D eigenvalue weighted by molar-refractivity contribution is 0.158. The summed E-state index contributed by atoms with van der Waals surface area (Å²) in [6.45, 7) is 11.0. The van der Waals surface area contributed by atoms with E-state index in [2.05, 4.69) is 66.6 Å². The number of hydrogen-bond donors (Lipinski definition) is 0. The van der Waals surface area contributed by atoms with E-state index in [1.165, 1.54) is 11.6 Å². The second kappa shape index (κ2) is 12.0. The highest BCUT2D eigenvalue weighted by Crippen LogP contribution is 2.39. The molecule has 7 rings (SSSR count). The van der Waals surface area contributed by atoms with E-state index in [9.17, 15) is 4.79 Å². The van der Waals surface area contributed by atoms with Crippen LogP contribution in [0.25, 0.3) is 10.9 Å². The van der Waals surface area contributed by atoms with Gasteiger partial charge in [0.15, 0.2) is 5.43 Å². The molecule has 0 amide bonds. The molecule has 1 aromatic carbocycles. The topological polar surface area (TPSA) is 57.5 Å². The van der Waals surface area contributed by atoms with Crippen LogP contribution in [0.5, 0.6) is 0 Å². The zero-order valence-corrected chi connectivity index (χ0v) is 26.2. The quantitative estimate of drug-likeness (QED) is 0.235. The first-order valence-corrected chi connectivity index (χ1v) is 16.3. The summed E-state index contributed by atoms with van der Waals surface area (Å²) in [5, 5.41) is 0.499. The zero-order valence-electron chi connectivity index (χ0n) is 26.2. The molecule has 1 saturated carbocycles. The Balaban J connectivity index is 1.25. The average molecular weight is 595 g/mol. The van der Waals surface area contributed by atoms with Gasteiger partial charge in [-0.15, -0.1) is 0 Å². The van der Waals surface area contributed by atoms with Crippen molar-refractivity contribution in [3.05, 3.63) is 93.5 Å². The smallest absolute Gasteiger partial charge is 0.193 e. The van der Waals surface area contributed by atoms with Gasteiger partial charge in [0.25, 0.3) is 0 Å². The third kappa shape index (κ3) is 5.96. The second-order valence-electron chi connectivity index (χ2n) is 13.4. The predicted molar refractivity (Wildman–Crippen MR) is 175 cm³/mol. The molecule has 8 heteroatoms. The fourth-order valence-corrected chi connectivity index (χ4v) is 7.18. The highest BCUT2D eigenvalue weighted by Gasteiger charge is 2.30. The van der Waals surface area contributed by atoms with Crippen molar-refractivity contribution in [2.24, 2.45) is 5.92 Å². The number of fused-ring (bicyclic) bond motifs is 1. The van der Waals surface area contributed by atoms with Crippen LogP contribution >= 0.6 is 0 Å². The normalized spacial score (nSPS) is 20.7. The largest absolute Gasteiger partial charge is 0.369 e. The van der Waals surface area contributed by atoms with Crippen molar-refractivity contribution in [3.63, 3.8) is 0 Å². The van der Waals surface area contributed by atoms with Gasteiger partial charge >= 0.3 is 0 Å². The van der Waals surface area contributed by atoms with E-state index >= 15 is 4.39 Å². The van der Waals surface area contributed by atoms with Gasteiger partial charge in [-0.05, 0) is 93.8 Å². The number of nitrogens with zero attached hydrogens (tertiary/aromatic N) is 6. The van der Waals surface area contributed by atoms with Crippen LogP contribution in [0.3, 0.4) is 0 Å². The minimum atomic E-state index is -0.290. The average Bonchev–Trinajstić information content (AvgIpc) is 3.78. The van der Waals surface area contributed by atoms with Gasteiger partial charge < -0.3 is 14.4 Å². The Morgan fingerprint density at radius 3 is 2.52 bits per heavy atom. The fraction of sp³-hybridized carbons (Fsp3) is 0.472. The highest BCUT2D eigenvalue weighted by atomic mass is 19.1. The molecule has 230 valence electrons. The summed E-state index contributed by atoms with van der Waals surface area (Å²) in [6.07, 6.45) is 11.3. The number of rotatable bonds is 8. The molecule has 2 aliphatic heterocycles. The Morgan fingerprint density at radius 1 is 0.932 bits per heavy atom. The molecule has 0 radical (unpaired) electrons. The zero-order chi connectivity index (χ0) is 30.4. The van der Waals surface area contributed by atoms with Crippen molar-refractivity contribution in [2.45, 2.75) is 78.0 Å². The molecule has 0 spiro atoms. The summed E-state index contributed by atoms with van der Waals surface area (Å²) in [5.41, 5.74) is 6.51. The molecular weight excluding hydrogens is 551 g/mol. The summed E-state index contributed by atoms with van der Waals surface area (Å²) in [6, 6.07) is 12.5. The minimum absolute atomic E-state index is 0.0524. The monoisotopic (exact) mass is 594 g/mol. The van der Waals surface area contributed by atoms with Crippen molar-refractivity contribution in [2.75, 3.05) is 36.0 Å². The van der Waals surface area contributed by atoms with Crippen LogP contribution in [-0.2, 0) is 13.1 Å². The van der Waals surface area contributed by atoms with Crippen LogP contribution in [0.15, 0.2) is 59.8 Å². The number of pyridine rings is 3. The lowest BCUT2D eigenvalue weighted by atomic mass is 10.0. The first kappa shape index (κ1) is 29.0. The molecule has 7 nitrogen and oxygen atoms in total. The number of anilines is 2. The first-order chi connectivity index (χ1) is 21.3. The molecule has 3 aliphatic rings. The van der Waals surface area contributed by atoms with E-state index in [0.717, 1.165) is 93.0 Å². The number of hydrogen-bond acceptors (Lipinski definition) is 6. The van der Waals surface area contributed by atoms with Gasteiger partial charge in [0, 0.05) is 86.1 Å². The Kier molecular flexibility index (Phi) is 7.87. The molecule has 0 N–H and O–H groups in total. The van der Waals surface area contributed by atoms with Crippen LogP contribution in [0.2, 0.25) is 0 Å². The van der Waals surface area contributed by atoms with Crippen LogP contribution < -0.4 is 15.2 Å². The number of piperidine rings is 1. The maximum Gasteiger partial charge on any atom is 0.193 e. The summed E-state index contributed by atoms with van der Waals surface area (Å²) >= 11 is 0. The van der Waals surface area contributed by atoms with Crippen molar-refractivity contribution < 1.29 is 4.39 Å². The fourth-order valence-electron chi connectivity index (χ4n) is 7.18.